The molecule has 0 aliphatic carbocycles. The number of rotatable bonds is 4. The Morgan fingerprint density at radius 1 is 1.32 bits per heavy atom. The van der Waals surface area contributed by atoms with Gasteiger partial charge in [0.2, 0.25) is 10.0 Å². The summed E-state index contributed by atoms with van der Waals surface area (Å²) in [6, 6.07) is 5.40. The molecule has 2 rings (SSSR count). The molecule has 1 aromatic carbocycles. The highest BCUT2D eigenvalue weighted by Gasteiger charge is 2.34. The molecule has 1 aromatic rings. The Kier molecular flexibility index (Phi) is 4.81. The number of hydrogen-bond donors (Lipinski definition) is 0. The summed E-state index contributed by atoms with van der Waals surface area (Å²) in [6.45, 7) is 0.443. The van der Waals surface area contributed by atoms with Crippen molar-refractivity contribution in [3.8, 4) is 0 Å². The van der Waals surface area contributed by atoms with Gasteiger partial charge < -0.3 is 0 Å². The van der Waals surface area contributed by atoms with Gasteiger partial charge in [-0.1, -0.05) is 18.6 Å². The fraction of sp³-hybridized carbons (Fsp3) is 0.538. The van der Waals surface area contributed by atoms with E-state index in [9.17, 15) is 12.8 Å². The van der Waals surface area contributed by atoms with Gasteiger partial charge in [0, 0.05) is 18.5 Å². The molecular formula is C13H17ClFNO2S. The molecular weight excluding hydrogens is 289 g/mol. The highest BCUT2D eigenvalue weighted by atomic mass is 35.5. The minimum atomic E-state index is -3.76. The standard InChI is InChI=1S/C13H17ClFNO2S/c14-9-8-11-5-3-4-10-16(11)19(17,18)13-7-2-1-6-12(13)15/h1-2,6-7,11H,3-5,8-10H2. The number of nitrogens with zero attached hydrogens (tertiary/aromatic N) is 1. The molecule has 3 nitrogen and oxygen atoms in total. The molecule has 1 fully saturated rings. The molecule has 1 aliphatic rings. The predicted octanol–water partition coefficient (Wildman–Crippen LogP) is 3.00. The first-order valence-corrected chi connectivity index (χ1v) is 8.37. The number of hydrogen-bond acceptors (Lipinski definition) is 2. The first-order valence-electron chi connectivity index (χ1n) is 6.39. The number of piperidine rings is 1. The molecule has 6 heteroatoms. The SMILES string of the molecule is O=S(=O)(c1ccccc1F)N1CCCCC1CCCl. The van der Waals surface area contributed by atoms with E-state index in [2.05, 4.69) is 0 Å². The van der Waals surface area contributed by atoms with Gasteiger partial charge in [0.25, 0.3) is 0 Å². The van der Waals surface area contributed by atoms with Crippen molar-refractivity contribution in [1.29, 1.82) is 0 Å². The molecule has 0 spiro atoms. The second-order valence-corrected chi connectivity index (χ2v) is 6.91. The average molecular weight is 306 g/mol. The maximum absolute atomic E-state index is 13.7. The van der Waals surface area contributed by atoms with Crippen molar-refractivity contribution < 1.29 is 12.8 Å². The quantitative estimate of drug-likeness (QED) is 0.802. The number of alkyl halides is 1. The normalized spacial score (nSPS) is 21.5. The van der Waals surface area contributed by atoms with Crippen LogP contribution in [0.2, 0.25) is 0 Å². The Morgan fingerprint density at radius 3 is 2.74 bits per heavy atom. The van der Waals surface area contributed by atoms with Crippen molar-refractivity contribution in [2.75, 3.05) is 12.4 Å². The molecule has 1 heterocycles. The number of benzene rings is 1. The second-order valence-electron chi connectivity index (χ2n) is 4.67. The van der Waals surface area contributed by atoms with Crippen LogP contribution in [-0.4, -0.2) is 31.2 Å². The Balaban J connectivity index is 2.35. The van der Waals surface area contributed by atoms with Crippen LogP contribution in [0.1, 0.15) is 25.7 Å². The molecule has 0 aromatic heterocycles. The van der Waals surface area contributed by atoms with E-state index in [1.54, 1.807) is 0 Å². The lowest BCUT2D eigenvalue weighted by Gasteiger charge is -2.34. The molecule has 0 bridgehead atoms. The Morgan fingerprint density at radius 2 is 2.05 bits per heavy atom. The third-order valence-corrected chi connectivity index (χ3v) is 5.64. The van der Waals surface area contributed by atoms with Crippen molar-refractivity contribution in [2.45, 2.75) is 36.6 Å². The summed E-state index contributed by atoms with van der Waals surface area (Å²) in [5.74, 6) is -0.286. The molecule has 1 unspecified atom stereocenters. The van der Waals surface area contributed by atoms with Crippen LogP contribution in [0.25, 0.3) is 0 Å². The lowest BCUT2D eigenvalue weighted by atomic mass is 10.0. The Hall–Kier alpha value is -0.650. The van der Waals surface area contributed by atoms with Crippen molar-refractivity contribution in [3.63, 3.8) is 0 Å². The van der Waals surface area contributed by atoms with Gasteiger partial charge in [-0.15, -0.1) is 11.6 Å². The van der Waals surface area contributed by atoms with Crippen LogP contribution < -0.4 is 0 Å². The minimum Gasteiger partial charge on any atom is -0.207 e. The molecule has 0 saturated carbocycles. The van der Waals surface area contributed by atoms with E-state index >= 15 is 0 Å². The summed E-state index contributed by atoms with van der Waals surface area (Å²) in [7, 11) is -3.76. The van der Waals surface area contributed by atoms with Gasteiger partial charge in [-0.2, -0.15) is 4.31 Å². The van der Waals surface area contributed by atoms with E-state index in [1.807, 2.05) is 0 Å². The van der Waals surface area contributed by atoms with Crippen LogP contribution in [0.15, 0.2) is 29.2 Å². The summed E-state index contributed by atoms with van der Waals surface area (Å²) in [4.78, 5) is -0.239. The summed E-state index contributed by atoms with van der Waals surface area (Å²) >= 11 is 5.73. The molecule has 106 valence electrons. The second kappa shape index (κ2) is 6.20. The molecule has 1 atom stereocenters. The van der Waals surface area contributed by atoms with Gasteiger partial charge in [-0.25, -0.2) is 12.8 Å². The van der Waals surface area contributed by atoms with Gasteiger partial charge in [-0.05, 0) is 31.4 Å². The molecule has 1 saturated heterocycles. The smallest absolute Gasteiger partial charge is 0.207 e. The topological polar surface area (TPSA) is 37.4 Å². The fourth-order valence-corrected chi connectivity index (χ4v) is 4.53. The Bertz CT molecular complexity index is 533. The highest BCUT2D eigenvalue weighted by molar-refractivity contribution is 7.89. The first kappa shape index (κ1) is 14.8. The summed E-state index contributed by atoms with van der Waals surface area (Å²) in [5.41, 5.74) is 0. The monoisotopic (exact) mass is 305 g/mol. The van der Waals surface area contributed by atoms with Gasteiger partial charge in [-0.3, -0.25) is 0 Å². The summed E-state index contributed by atoms with van der Waals surface area (Å²) in [6.07, 6.45) is 3.20. The van der Waals surface area contributed by atoms with Crippen LogP contribution >= 0.6 is 11.6 Å². The van der Waals surface area contributed by atoms with Crippen molar-refractivity contribution in [2.24, 2.45) is 0 Å². The van der Waals surface area contributed by atoms with Crippen LogP contribution in [-0.2, 0) is 10.0 Å². The zero-order chi connectivity index (χ0) is 13.9. The van der Waals surface area contributed by atoms with E-state index in [-0.39, 0.29) is 10.9 Å². The molecule has 0 amide bonds. The van der Waals surface area contributed by atoms with E-state index in [4.69, 9.17) is 11.6 Å². The van der Waals surface area contributed by atoms with E-state index in [1.165, 1.54) is 28.6 Å². The van der Waals surface area contributed by atoms with E-state index in [0.29, 0.717) is 18.8 Å². The molecule has 0 N–H and O–H groups in total. The van der Waals surface area contributed by atoms with Crippen molar-refractivity contribution in [1.82, 2.24) is 4.31 Å². The first-order chi connectivity index (χ1) is 9.07. The maximum Gasteiger partial charge on any atom is 0.246 e. The zero-order valence-electron chi connectivity index (χ0n) is 10.6. The van der Waals surface area contributed by atoms with Crippen molar-refractivity contribution >= 4 is 21.6 Å². The molecule has 0 radical (unpaired) electrons. The highest BCUT2D eigenvalue weighted by Crippen LogP contribution is 2.28. The molecule has 1 aliphatic heterocycles. The van der Waals surface area contributed by atoms with Crippen LogP contribution in [0.3, 0.4) is 0 Å². The Labute approximate surface area is 118 Å². The maximum atomic E-state index is 13.7. The zero-order valence-corrected chi connectivity index (χ0v) is 12.1. The average Bonchev–Trinajstić information content (AvgIpc) is 2.40. The van der Waals surface area contributed by atoms with Gasteiger partial charge >= 0.3 is 0 Å². The van der Waals surface area contributed by atoms with Crippen LogP contribution in [0, 0.1) is 5.82 Å². The van der Waals surface area contributed by atoms with Gasteiger partial charge in [0.05, 0.1) is 0 Å². The number of halogens is 2. The van der Waals surface area contributed by atoms with Gasteiger partial charge in [0.1, 0.15) is 10.7 Å². The van der Waals surface area contributed by atoms with E-state index < -0.39 is 15.8 Å². The lowest BCUT2D eigenvalue weighted by molar-refractivity contribution is 0.247. The fourth-order valence-electron chi connectivity index (χ4n) is 2.49. The minimum absolute atomic E-state index is 0.115. The van der Waals surface area contributed by atoms with Crippen molar-refractivity contribution in [3.05, 3.63) is 30.1 Å². The summed E-state index contributed by atoms with van der Waals surface area (Å²) < 4.78 is 40.2. The van der Waals surface area contributed by atoms with E-state index in [0.717, 1.165) is 19.3 Å². The number of sulfonamides is 1. The summed E-state index contributed by atoms with van der Waals surface area (Å²) in [5, 5.41) is 0. The predicted molar refractivity (Wildman–Crippen MR) is 73.3 cm³/mol. The third kappa shape index (κ3) is 3.09. The van der Waals surface area contributed by atoms with Gasteiger partial charge in [0.15, 0.2) is 0 Å². The largest absolute Gasteiger partial charge is 0.246 e. The molecule has 19 heavy (non-hydrogen) atoms. The van der Waals surface area contributed by atoms with Crippen LogP contribution in [0.5, 0.6) is 0 Å². The van der Waals surface area contributed by atoms with Crippen LogP contribution in [0.4, 0.5) is 4.39 Å². The lowest BCUT2D eigenvalue weighted by Crippen LogP contribution is -2.44. The third-order valence-electron chi connectivity index (χ3n) is 3.44.